The number of benzene rings is 1. The summed E-state index contributed by atoms with van der Waals surface area (Å²) in [6.07, 6.45) is 2.45. The average Bonchev–Trinajstić information content (AvgIpc) is 3.10. The lowest BCUT2D eigenvalue weighted by atomic mass is 10.0. The van der Waals surface area contributed by atoms with Crippen molar-refractivity contribution in [1.29, 1.82) is 0 Å². The van der Waals surface area contributed by atoms with Crippen LogP contribution in [0, 0.1) is 5.92 Å². The topological polar surface area (TPSA) is 80.5 Å². The summed E-state index contributed by atoms with van der Waals surface area (Å²) < 4.78 is 5.39. The second-order valence-corrected chi connectivity index (χ2v) is 6.62. The van der Waals surface area contributed by atoms with Gasteiger partial charge in [0.25, 0.3) is 0 Å². The molecule has 1 aromatic heterocycles. The van der Waals surface area contributed by atoms with E-state index in [0.717, 1.165) is 18.7 Å². The molecular formula is C18H25N5O. The van der Waals surface area contributed by atoms with E-state index in [1.54, 1.807) is 0 Å². The van der Waals surface area contributed by atoms with Crippen LogP contribution in [0.4, 0.5) is 0 Å². The highest BCUT2D eigenvalue weighted by molar-refractivity contribution is 5.78. The van der Waals surface area contributed by atoms with Crippen LogP contribution in [0.15, 0.2) is 39.8 Å². The molecule has 2 N–H and O–H groups in total. The first kappa shape index (κ1) is 16.5. The lowest BCUT2D eigenvalue weighted by Crippen LogP contribution is -2.43. The molecule has 2 aromatic rings. The fourth-order valence-corrected chi connectivity index (χ4v) is 2.95. The normalized spacial score (nSPS) is 20.2. The van der Waals surface area contributed by atoms with E-state index in [4.69, 9.17) is 10.3 Å². The van der Waals surface area contributed by atoms with Crippen LogP contribution < -0.4 is 5.73 Å². The van der Waals surface area contributed by atoms with Crippen molar-refractivity contribution in [3.05, 3.63) is 36.2 Å². The predicted molar refractivity (Wildman–Crippen MR) is 94.6 cm³/mol. The van der Waals surface area contributed by atoms with Crippen molar-refractivity contribution < 1.29 is 4.52 Å². The summed E-state index contributed by atoms with van der Waals surface area (Å²) in [4.78, 5) is 11.2. The molecule has 24 heavy (non-hydrogen) atoms. The Hall–Kier alpha value is -2.37. The molecule has 0 amide bonds. The van der Waals surface area contributed by atoms with Crippen LogP contribution in [0.2, 0.25) is 0 Å². The van der Waals surface area contributed by atoms with Crippen molar-refractivity contribution in [2.45, 2.75) is 32.6 Å². The molecule has 3 rings (SSSR count). The van der Waals surface area contributed by atoms with E-state index in [2.05, 4.69) is 27.0 Å². The number of hydrogen-bond donors (Lipinski definition) is 1. The summed E-state index contributed by atoms with van der Waals surface area (Å²) in [6, 6.07) is 9.81. The van der Waals surface area contributed by atoms with Crippen LogP contribution in [0.1, 0.15) is 38.5 Å². The molecule has 1 aromatic carbocycles. The second kappa shape index (κ2) is 7.47. The maximum atomic E-state index is 6.14. The fourth-order valence-electron chi connectivity index (χ4n) is 2.95. The van der Waals surface area contributed by atoms with Crippen molar-refractivity contribution in [3.8, 4) is 11.4 Å². The van der Waals surface area contributed by atoms with E-state index >= 15 is 0 Å². The Morgan fingerprint density at radius 2 is 2.21 bits per heavy atom. The van der Waals surface area contributed by atoms with Crippen molar-refractivity contribution in [3.63, 3.8) is 0 Å². The Morgan fingerprint density at radius 3 is 2.96 bits per heavy atom. The van der Waals surface area contributed by atoms with Gasteiger partial charge in [0, 0.05) is 18.7 Å². The second-order valence-electron chi connectivity index (χ2n) is 6.62. The lowest BCUT2D eigenvalue weighted by molar-refractivity contribution is 0.270. The summed E-state index contributed by atoms with van der Waals surface area (Å²) >= 11 is 0. The zero-order chi connectivity index (χ0) is 16.9. The number of nitrogens with zero attached hydrogens (tertiary/aromatic N) is 4. The highest BCUT2D eigenvalue weighted by Crippen LogP contribution is 2.20. The zero-order valence-electron chi connectivity index (χ0n) is 14.4. The van der Waals surface area contributed by atoms with E-state index in [1.807, 2.05) is 37.3 Å². The molecule has 0 saturated carbocycles. The van der Waals surface area contributed by atoms with Gasteiger partial charge >= 0.3 is 0 Å². The quantitative estimate of drug-likeness (QED) is 0.690. The van der Waals surface area contributed by atoms with Crippen LogP contribution in [0.5, 0.6) is 0 Å². The van der Waals surface area contributed by atoms with Gasteiger partial charge in [-0.25, -0.2) is 0 Å². The molecule has 0 radical (unpaired) electrons. The number of nitrogens with two attached hydrogens (primary N) is 1. The van der Waals surface area contributed by atoms with Crippen LogP contribution in [0.3, 0.4) is 0 Å². The molecule has 1 aliphatic heterocycles. The minimum atomic E-state index is 0.0377. The zero-order valence-corrected chi connectivity index (χ0v) is 14.4. The summed E-state index contributed by atoms with van der Waals surface area (Å²) in [5.41, 5.74) is 7.09. The molecule has 0 aliphatic carbocycles. The summed E-state index contributed by atoms with van der Waals surface area (Å²) in [5, 5.41) is 4.06. The summed E-state index contributed by atoms with van der Waals surface area (Å²) in [5.74, 6) is 2.54. The summed E-state index contributed by atoms with van der Waals surface area (Å²) in [6.45, 7) is 6.81. The van der Waals surface area contributed by atoms with Gasteiger partial charge in [-0.2, -0.15) is 4.98 Å². The van der Waals surface area contributed by atoms with E-state index in [9.17, 15) is 0 Å². The number of hydrogen-bond acceptors (Lipinski definition) is 4. The van der Waals surface area contributed by atoms with Gasteiger partial charge in [-0.3, -0.25) is 4.99 Å². The van der Waals surface area contributed by atoms with Gasteiger partial charge in [-0.1, -0.05) is 49.3 Å². The van der Waals surface area contributed by atoms with Crippen molar-refractivity contribution >= 4 is 5.96 Å². The molecular weight excluding hydrogens is 302 g/mol. The predicted octanol–water partition coefficient (Wildman–Crippen LogP) is 2.89. The van der Waals surface area contributed by atoms with Crippen LogP contribution in [-0.2, 0) is 0 Å². The number of aromatic nitrogens is 2. The minimum absolute atomic E-state index is 0.0377. The average molecular weight is 327 g/mol. The highest BCUT2D eigenvalue weighted by atomic mass is 16.5. The fraction of sp³-hybridized carbons (Fsp3) is 0.500. The van der Waals surface area contributed by atoms with Gasteiger partial charge in [-0.05, 0) is 18.8 Å². The van der Waals surface area contributed by atoms with Crippen LogP contribution >= 0.6 is 0 Å². The third-order valence-corrected chi connectivity index (χ3v) is 4.40. The summed E-state index contributed by atoms with van der Waals surface area (Å²) in [7, 11) is 0. The molecule has 1 fully saturated rings. The maximum absolute atomic E-state index is 6.14. The van der Waals surface area contributed by atoms with Crippen LogP contribution in [0.25, 0.3) is 11.4 Å². The van der Waals surface area contributed by atoms with Crippen molar-refractivity contribution in [2.24, 2.45) is 16.6 Å². The molecule has 1 aliphatic rings. The number of likely N-dealkylation sites (tertiary alicyclic amines) is 1. The molecule has 2 unspecified atom stereocenters. The molecule has 1 saturated heterocycles. The van der Waals surface area contributed by atoms with Gasteiger partial charge in [0.15, 0.2) is 5.96 Å². The Kier molecular flexibility index (Phi) is 5.13. The molecule has 2 atom stereocenters. The van der Waals surface area contributed by atoms with Gasteiger partial charge in [-0.15, -0.1) is 0 Å². The monoisotopic (exact) mass is 327 g/mol. The SMILES string of the molecule is CC1CCCN(C(N)=NCC(C)c2nc(-c3ccccc3)no2)C1. The largest absolute Gasteiger partial charge is 0.370 e. The first-order valence-electron chi connectivity index (χ1n) is 8.57. The van der Waals surface area contributed by atoms with Gasteiger partial charge < -0.3 is 15.2 Å². The van der Waals surface area contributed by atoms with E-state index in [-0.39, 0.29) is 5.92 Å². The third-order valence-electron chi connectivity index (χ3n) is 4.40. The van der Waals surface area contributed by atoms with E-state index in [0.29, 0.717) is 30.1 Å². The molecule has 0 bridgehead atoms. The van der Waals surface area contributed by atoms with E-state index in [1.165, 1.54) is 12.8 Å². The lowest BCUT2D eigenvalue weighted by Gasteiger charge is -2.31. The Bertz CT molecular complexity index is 682. The van der Waals surface area contributed by atoms with E-state index < -0.39 is 0 Å². The van der Waals surface area contributed by atoms with Gasteiger partial charge in [0.1, 0.15) is 0 Å². The Labute approximate surface area is 142 Å². The molecule has 128 valence electrons. The van der Waals surface area contributed by atoms with Crippen molar-refractivity contribution in [2.75, 3.05) is 19.6 Å². The first-order chi connectivity index (χ1) is 11.6. The molecule has 2 heterocycles. The smallest absolute Gasteiger partial charge is 0.231 e. The Balaban J connectivity index is 1.62. The van der Waals surface area contributed by atoms with Gasteiger partial charge in [0.05, 0.1) is 12.5 Å². The molecule has 6 heteroatoms. The molecule has 6 nitrogen and oxygen atoms in total. The third kappa shape index (κ3) is 3.93. The minimum Gasteiger partial charge on any atom is -0.370 e. The standard InChI is InChI=1S/C18H25N5O/c1-13-7-6-10-23(12-13)18(19)20-11-14(2)17-21-16(22-24-17)15-8-4-3-5-9-15/h3-5,8-9,13-14H,6-7,10-12H2,1-2H3,(H2,19,20). The number of rotatable bonds is 4. The number of aliphatic imine (C=N–C) groups is 1. The number of guanidine groups is 1. The maximum Gasteiger partial charge on any atom is 0.231 e. The highest BCUT2D eigenvalue weighted by Gasteiger charge is 2.19. The van der Waals surface area contributed by atoms with Crippen molar-refractivity contribution in [1.82, 2.24) is 15.0 Å². The van der Waals surface area contributed by atoms with Crippen LogP contribution in [-0.4, -0.2) is 40.6 Å². The Morgan fingerprint density at radius 1 is 1.42 bits per heavy atom. The molecule has 0 spiro atoms. The van der Waals surface area contributed by atoms with Gasteiger partial charge in [0.2, 0.25) is 11.7 Å². The first-order valence-corrected chi connectivity index (χ1v) is 8.57. The number of piperidine rings is 1.